The van der Waals surface area contributed by atoms with Crippen LogP contribution in [-0.2, 0) is 6.42 Å². The maximum atomic E-state index is 14.9. The zero-order valence-corrected chi connectivity index (χ0v) is 19.5. The number of ether oxygens (including phenoxy) is 1. The van der Waals surface area contributed by atoms with E-state index in [1.54, 1.807) is 18.2 Å². The van der Waals surface area contributed by atoms with E-state index in [4.69, 9.17) is 10.5 Å². The van der Waals surface area contributed by atoms with Gasteiger partial charge in [0.1, 0.15) is 22.9 Å². The molecule has 4 N–H and O–H groups in total. The number of nitrogens with zero attached hydrogens (tertiary/aromatic N) is 4. The average Bonchev–Trinajstić information content (AvgIpc) is 3.28. The minimum atomic E-state index is -0.428. The van der Waals surface area contributed by atoms with Crippen molar-refractivity contribution in [1.82, 2.24) is 30.2 Å². The smallest absolute Gasteiger partial charge is 0.251 e. The Kier molecular flexibility index (Phi) is 6.04. The predicted molar refractivity (Wildman–Crippen MR) is 131 cm³/mol. The molecule has 0 fully saturated rings. The Hall–Kier alpha value is -4.05. The molecule has 1 amide bonds. The van der Waals surface area contributed by atoms with Gasteiger partial charge in [0.2, 0.25) is 5.95 Å². The molecule has 1 unspecified atom stereocenters. The van der Waals surface area contributed by atoms with Gasteiger partial charge in [0.05, 0.1) is 23.7 Å². The van der Waals surface area contributed by atoms with Crippen LogP contribution in [0.3, 0.4) is 0 Å². The summed E-state index contributed by atoms with van der Waals surface area (Å²) in [6, 6.07) is 10.3. The Morgan fingerprint density at radius 1 is 1.26 bits per heavy atom. The van der Waals surface area contributed by atoms with Crippen LogP contribution >= 0.6 is 0 Å². The van der Waals surface area contributed by atoms with Crippen molar-refractivity contribution in [3.05, 3.63) is 65.4 Å². The zero-order valence-electron chi connectivity index (χ0n) is 19.5. The molecular weight excluding hydrogens is 449 g/mol. The number of amides is 1. The van der Waals surface area contributed by atoms with Gasteiger partial charge in [-0.25, -0.2) is 19.3 Å². The molecule has 0 radical (unpaired) electrons. The fourth-order valence-corrected chi connectivity index (χ4v) is 4.17. The van der Waals surface area contributed by atoms with Gasteiger partial charge in [-0.2, -0.15) is 0 Å². The predicted octanol–water partition coefficient (Wildman–Crippen LogP) is 2.75. The van der Waals surface area contributed by atoms with Crippen LogP contribution in [0.4, 0.5) is 10.3 Å². The van der Waals surface area contributed by atoms with Gasteiger partial charge in [-0.15, -0.1) is 0 Å². The van der Waals surface area contributed by atoms with Gasteiger partial charge in [-0.05, 0) is 62.5 Å². The SMILES string of the molecule is CN(C)CCNC(=O)c1ccc2c(c1)CC(c1nc3cc(-c4ccnc(N)n4)cc(F)c3[nH]1)CO2. The molecule has 1 atom stereocenters. The summed E-state index contributed by atoms with van der Waals surface area (Å²) in [6.45, 7) is 1.73. The van der Waals surface area contributed by atoms with Crippen LogP contribution in [0.2, 0.25) is 0 Å². The first-order valence-corrected chi connectivity index (χ1v) is 11.3. The summed E-state index contributed by atoms with van der Waals surface area (Å²) >= 11 is 0. The molecule has 2 aromatic heterocycles. The highest BCUT2D eigenvalue weighted by atomic mass is 19.1. The number of fused-ring (bicyclic) bond motifs is 2. The number of hydrogen-bond donors (Lipinski definition) is 3. The summed E-state index contributed by atoms with van der Waals surface area (Å²) in [5, 5.41) is 2.93. The first kappa shape index (κ1) is 22.7. The van der Waals surface area contributed by atoms with E-state index in [1.807, 2.05) is 31.1 Å². The third kappa shape index (κ3) is 4.78. The number of halogens is 1. The molecule has 3 heterocycles. The second kappa shape index (κ2) is 9.30. The first-order valence-electron chi connectivity index (χ1n) is 11.3. The summed E-state index contributed by atoms with van der Waals surface area (Å²) in [5.41, 5.74) is 9.08. The quantitative estimate of drug-likeness (QED) is 0.392. The number of aromatic nitrogens is 4. The number of H-pyrrole nitrogens is 1. The molecular formula is C25H26FN7O2. The lowest BCUT2D eigenvalue weighted by Crippen LogP contribution is -2.31. The van der Waals surface area contributed by atoms with Crippen molar-refractivity contribution in [2.75, 3.05) is 39.5 Å². The highest BCUT2D eigenvalue weighted by Gasteiger charge is 2.26. The topological polar surface area (TPSA) is 122 Å². The lowest BCUT2D eigenvalue weighted by molar-refractivity contribution is 0.0950. The Bertz CT molecular complexity index is 1400. The number of hydrogen-bond acceptors (Lipinski definition) is 7. The molecule has 180 valence electrons. The van der Waals surface area contributed by atoms with Crippen molar-refractivity contribution in [3.8, 4) is 17.0 Å². The van der Waals surface area contributed by atoms with Crippen molar-refractivity contribution in [3.63, 3.8) is 0 Å². The van der Waals surface area contributed by atoms with Crippen LogP contribution in [0.1, 0.15) is 27.7 Å². The van der Waals surface area contributed by atoms with Gasteiger partial charge in [0.25, 0.3) is 5.91 Å². The largest absolute Gasteiger partial charge is 0.493 e. The fraction of sp³-hybridized carbons (Fsp3) is 0.280. The number of nitrogen functional groups attached to an aromatic ring is 1. The molecule has 0 saturated heterocycles. The normalized spacial score (nSPS) is 15.1. The van der Waals surface area contributed by atoms with E-state index in [0.29, 0.717) is 53.3 Å². The third-order valence-electron chi connectivity index (χ3n) is 5.99. The number of nitrogens with one attached hydrogen (secondary N) is 2. The van der Waals surface area contributed by atoms with E-state index in [9.17, 15) is 9.18 Å². The number of rotatable bonds is 6. The minimum absolute atomic E-state index is 0.112. The maximum Gasteiger partial charge on any atom is 0.251 e. The Morgan fingerprint density at radius 3 is 2.91 bits per heavy atom. The molecule has 1 aliphatic rings. The summed E-state index contributed by atoms with van der Waals surface area (Å²) < 4.78 is 20.9. The maximum absolute atomic E-state index is 14.9. The minimum Gasteiger partial charge on any atom is -0.493 e. The monoisotopic (exact) mass is 475 g/mol. The number of benzene rings is 2. The lowest BCUT2D eigenvalue weighted by atomic mass is 9.94. The number of anilines is 1. The average molecular weight is 476 g/mol. The number of likely N-dealkylation sites (N-methyl/N-ethyl adjacent to an activating group) is 1. The second-order valence-corrected chi connectivity index (χ2v) is 8.87. The van der Waals surface area contributed by atoms with Crippen LogP contribution < -0.4 is 15.8 Å². The molecule has 10 heteroatoms. The lowest BCUT2D eigenvalue weighted by Gasteiger charge is -2.24. The summed E-state index contributed by atoms with van der Waals surface area (Å²) in [5.74, 6) is 0.832. The van der Waals surface area contributed by atoms with E-state index >= 15 is 0 Å². The van der Waals surface area contributed by atoms with Crippen LogP contribution in [0.5, 0.6) is 5.75 Å². The van der Waals surface area contributed by atoms with Gasteiger partial charge in [0.15, 0.2) is 0 Å². The Morgan fingerprint density at radius 2 is 2.11 bits per heavy atom. The summed E-state index contributed by atoms with van der Waals surface area (Å²) in [7, 11) is 3.92. The van der Waals surface area contributed by atoms with Gasteiger partial charge >= 0.3 is 0 Å². The molecule has 0 bridgehead atoms. The van der Waals surface area contributed by atoms with E-state index in [0.717, 1.165) is 17.9 Å². The highest BCUT2D eigenvalue weighted by Crippen LogP contribution is 2.34. The van der Waals surface area contributed by atoms with Crippen molar-refractivity contribution in [1.29, 1.82) is 0 Å². The van der Waals surface area contributed by atoms with Gasteiger partial charge in [-0.1, -0.05) is 0 Å². The van der Waals surface area contributed by atoms with Gasteiger partial charge in [-0.3, -0.25) is 4.79 Å². The Balaban J connectivity index is 1.38. The molecule has 0 aliphatic carbocycles. The molecule has 2 aromatic carbocycles. The van der Waals surface area contributed by atoms with E-state index in [2.05, 4.69) is 25.3 Å². The Labute approximate surface area is 201 Å². The van der Waals surface area contributed by atoms with Crippen molar-refractivity contribution < 1.29 is 13.9 Å². The summed E-state index contributed by atoms with van der Waals surface area (Å²) in [6.07, 6.45) is 2.15. The molecule has 9 nitrogen and oxygen atoms in total. The fourth-order valence-electron chi connectivity index (χ4n) is 4.17. The zero-order chi connectivity index (χ0) is 24.5. The molecule has 0 spiro atoms. The van der Waals surface area contributed by atoms with Gasteiger partial charge in [0, 0.05) is 30.4 Å². The number of imidazole rings is 1. The van der Waals surface area contributed by atoms with E-state index < -0.39 is 5.82 Å². The highest BCUT2D eigenvalue weighted by molar-refractivity contribution is 5.94. The van der Waals surface area contributed by atoms with Crippen LogP contribution in [0.15, 0.2) is 42.6 Å². The number of nitrogens with two attached hydrogens (primary N) is 1. The second-order valence-electron chi connectivity index (χ2n) is 8.87. The molecule has 4 aromatic rings. The number of carbonyl (C=O) groups is 1. The van der Waals surface area contributed by atoms with E-state index in [-0.39, 0.29) is 17.8 Å². The number of aromatic amines is 1. The van der Waals surface area contributed by atoms with Crippen molar-refractivity contribution in [2.45, 2.75) is 12.3 Å². The third-order valence-corrected chi connectivity index (χ3v) is 5.99. The first-order chi connectivity index (χ1) is 16.9. The summed E-state index contributed by atoms with van der Waals surface area (Å²) in [4.78, 5) is 30.4. The van der Waals surface area contributed by atoms with Crippen molar-refractivity contribution in [2.24, 2.45) is 0 Å². The number of carbonyl (C=O) groups excluding carboxylic acids is 1. The molecule has 0 saturated carbocycles. The van der Waals surface area contributed by atoms with Crippen molar-refractivity contribution >= 4 is 22.9 Å². The van der Waals surface area contributed by atoms with E-state index in [1.165, 1.54) is 12.3 Å². The van der Waals surface area contributed by atoms with Crippen LogP contribution in [0, 0.1) is 5.82 Å². The molecule has 5 rings (SSSR count). The van der Waals surface area contributed by atoms with Crippen LogP contribution in [-0.4, -0.2) is 64.5 Å². The van der Waals surface area contributed by atoms with Crippen LogP contribution in [0.25, 0.3) is 22.3 Å². The van der Waals surface area contributed by atoms with Gasteiger partial charge < -0.3 is 25.7 Å². The molecule has 1 aliphatic heterocycles. The molecule has 35 heavy (non-hydrogen) atoms. The standard InChI is InChI=1S/C25H26FN7O2/c1-33(2)8-7-28-24(34)14-3-4-21-16(9-14)10-17(13-35-21)23-30-20-12-15(11-18(26)22(20)32-23)19-5-6-29-25(27)31-19/h3-6,9,11-12,17H,7-8,10,13H2,1-2H3,(H,28,34)(H,30,32)(H2,27,29,31).